The average Bonchev–Trinajstić information content (AvgIpc) is 3.06. The zero-order valence-electron chi connectivity index (χ0n) is 17.1. The third-order valence-corrected chi connectivity index (χ3v) is 7.52. The molecular formula is C24H32N2O2. The topological polar surface area (TPSA) is 34.5 Å². The van der Waals surface area contributed by atoms with Gasteiger partial charge in [0.1, 0.15) is 12.3 Å². The van der Waals surface area contributed by atoms with Crippen LogP contribution in [0.4, 0.5) is 0 Å². The number of amides is 1. The number of nitrogens with zero attached hydrogens (tertiary/aromatic N) is 2. The lowest BCUT2D eigenvalue weighted by Gasteiger charge is -2.41. The van der Waals surface area contributed by atoms with Gasteiger partial charge in [-0.1, -0.05) is 19.3 Å². The summed E-state index contributed by atoms with van der Waals surface area (Å²) in [7, 11) is 1.72. The number of methoxy groups -OCH3 is 1. The lowest BCUT2D eigenvalue weighted by Crippen LogP contribution is -2.46. The summed E-state index contributed by atoms with van der Waals surface area (Å²) >= 11 is 0. The van der Waals surface area contributed by atoms with Crippen molar-refractivity contribution >= 4 is 16.8 Å². The summed E-state index contributed by atoms with van der Waals surface area (Å²) < 4.78 is 7.79. The lowest BCUT2D eigenvalue weighted by molar-refractivity contribution is -0.134. The van der Waals surface area contributed by atoms with Crippen LogP contribution in [0.15, 0.2) is 18.2 Å². The second kappa shape index (κ2) is 7.46. The van der Waals surface area contributed by atoms with Gasteiger partial charge in [-0.2, -0.15) is 0 Å². The lowest BCUT2D eigenvalue weighted by atomic mass is 9.75. The number of hydrogen-bond donors (Lipinski definition) is 0. The largest absolute Gasteiger partial charge is 0.497 e. The van der Waals surface area contributed by atoms with E-state index >= 15 is 0 Å². The Kier molecular flexibility index (Phi) is 4.82. The van der Waals surface area contributed by atoms with Gasteiger partial charge in [0, 0.05) is 30.2 Å². The molecular weight excluding hydrogens is 348 g/mol. The molecule has 0 unspecified atom stereocenters. The molecule has 0 radical (unpaired) electrons. The Labute approximate surface area is 167 Å². The molecule has 1 amide bonds. The number of hydrogen-bond acceptors (Lipinski definition) is 2. The van der Waals surface area contributed by atoms with Gasteiger partial charge in [0.2, 0.25) is 5.91 Å². The van der Waals surface area contributed by atoms with Crippen LogP contribution in [-0.4, -0.2) is 35.6 Å². The van der Waals surface area contributed by atoms with Gasteiger partial charge < -0.3 is 14.2 Å². The Bertz CT molecular complexity index is 884. The molecule has 1 saturated carbocycles. The summed E-state index contributed by atoms with van der Waals surface area (Å²) in [6.07, 6.45) is 11.3. The maximum absolute atomic E-state index is 13.3. The molecule has 4 nitrogen and oxygen atoms in total. The van der Waals surface area contributed by atoms with Gasteiger partial charge in [-0.3, -0.25) is 4.79 Å². The number of carbonyl (C=O) groups excluding carboxylic acids is 1. The van der Waals surface area contributed by atoms with E-state index < -0.39 is 0 Å². The van der Waals surface area contributed by atoms with Crippen molar-refractivity contribution in [2.45, 2.75) is 64.3 Å². The summed E-state index contributed by atoms with van der Waals surface area (Å²) in [5.41, 5.74) is 4.02. The zero-order chi connectivity index (χ0) is 19.1. The fraction of sp³-hybridized carbons (Fsp3) is 0.625. The van der Waals surface area contributed by atoms with Crippen LogP contribution in [0.25, 0.3) is 10.9 Å². The molecule has 1 aromatic carbocycles. The van der Waals surface area contributed by atoms with Crippen LogP contribution in [0.5, 0.6) is 5.75 Å². The first-order valence-corrected chi connectivity index (χ1v) is 11.2. The zero-order valence-corrected chi connectivity index (χ0v) is 17.1. The number of likely N-dealkylation sites (tertiary alicyclic amines) is 1. The van der Waals surface area contributed by atoms with Crippen LogP contribution in [0.2, 0.25) is 0 Å². The monoisotopic (exact) mass is 380 g/mol. The molecule has 2 fully saturated rings. The van der Waals surface area contributed by atoms with E-state index in [0.717, 1.165) is 43.5 Å². The average molecular weight is 381 g/mol. The van der Waals surface area contributed by atoms with E-state index in [1.165, 1.54) is 67.1 Å². The molecule has 150 valence electrons. The van der Waals surface area contributed by atoms with Crippen molar-refractivity contribution in [2.75, 3.05) is 20.2 Å². The molecule has 1 saturated heterocycles. The van der Waals surface area contributed by atoms with E-state index in [0.29, 0.717) is 12.5 Å². The van der Waals surface area contributed by atoms with E-state index in [-0.39, 0.29) is 0 Å². The van der Waals surface area contributed by atoms with Gasteiger partial charge >= 0.3 is 0 Å². The molecule has 3 aliphatic rings. The van der Waals surface area contributed by atoms with Crippen molar-refractivity contribution in [3.8, 4) is 5.75 Å². The smallest absolute Gasteiger partial charge is 0.242 e. The summed E-state index contributed by atoms with van der Waals surface area (Å²) in [5, 5.41) is 1.31. The minimum Gasteiger partial charge on any atom is -0.497 e. The van der Waals surface area contributed by atoms with E-state index in [4.69, 9.17) is 4.74 Å². The number of rotatable bonds is 3. The standard InChI is InChI=1S/C24H32N2O2/c1-28-19-10-11-21-20-8-4-5-9-22(20)26(23(21)14-19)16-24(27)25-13-12-17-6-2-3-7-18(17)15-25/h10-11,14,17-18H,2-9,12-13,15-16H2,1H3/t17-,18+/m1/s1. The quantitative estimate of drug-likeness (QED) is 0.782. The van der Waals surface area contributed by atoms with Crippen molar-refractivity contribution in [2.24, 2.45) is 11.8 Å². The van der Waals surface area contributed by atoms with Gasteiger partial charge in [0.25, 0.3) is 0 Å². The summed E-state index contributed by atoms with van der Waals surface area (Å²) in [6.45, 7) is 2.41. The predicted octanol–water partition coefficient (Wildman–Crippen LogP) is 4.57. The van der Waals surface area contributed by atoms with Gasteiger partial charge in [0.15, 0.2) is 0 Å². The summed E-state index contributed by atoms with van der Waals surface area (Å²) in [4.78, 5) is 15.5. The third-order valence-electron chi connectivity index (χ3n) is 7.52. The second-order valence-electron chi connectivity index (χ2n) is 9.03. The van der Waals surface area contributed by atoms with Crippen molar-refractivity contribution in [1.82, 2.24) is 9.47 Å². The number of benzene rings is 1. The van der Waals surface area contributed by atoms with Gasteiger partial charge in [-0.15, -0.1) is 0 Å². The highest BCUT2D eigenvalue weighted by atomic mass is 16.5. The SMILES string of the molecule is COc1ccc2c3c(n(CC(=O)N4CC[C@H]5CCCC[C@H]5C4)c2c1)CCCC3. The number of aromatic nitrogens is 1. The third kappa shape index (κ3) is 3.11. The van der Waals surface area contributed by atoms with Crippen LogP contribution in [0, 0.1) is 11.8 Å². The van der Waals surface area contributed by atoms with Crippen molar-refractivity contribution in [1.29, 1.82) is 0 Å². The Hall–Kier alpha value is -1.97. The molecule has 1 aliphatic heterocycles. The van der Waals surface area contributed by atoms with Crippen LogP contribution >= 0.6 is 0 Å². The number of piperidine rings is 1. The molecule has 2 aromatic rings. The Morgan fingerprint density at radius 1 is 1.07 bits per heavy atom. The van der Waals surface area contributed by atoms with E-state index in [9.17, 15) is 4.79 Å². The van der Waals surface area contributed by atoms with Crippen molar-refractivity contribution < 1.29 is 9.53 Å². The number of aryl methyl sites for hydroxylation is 1. The van der Waals surface area contributed by atoms with E-state index in [1.807, 2.05) is 0 Å². The number of carbonyl (C=O) groups is 1. The minimum absolute atomic E-state index is 0.303. The molecule has 2 heterocycles. The first-order chi connectivity index (χ1) is 13.7. The Balaban J connectivity index is 1.43. The Morgan fingerprint density at radius 3 is 2.75 bits per heavy atom. The molecule has 2 atom stereocenters. The number of ether oxygens (including phenoxy) is 1. The second-order valence-corrected chi connectivity index (χ2v) is 9.03. The predicted molar refractivity (Wildman–Crippen MR) is 112 cm³/mol. The number of fused-ring (bicyclic) bond motifs is 4. The first-order valence-electron chi connectivity index (χ1n) is 11.2. The highest BCUT2D eigenvalue weighted by Crippen LogP contribution is 2.37. The summed E-state index contributed by atoms with van der Waals surface area (Å²) in [5.74, 6) is 2.78. The maximum atomic E-state index is 13.3. The first kappa shape index (κ1) is 18.1. The maximum Gasteiger partial charge on any atom is 0.242 e. The molecule has 0 N–H and O–H groups in total. The fourth-order valence-corrected chi connectivity index (χ4v) is 5.98. The normalized spacial score (nSPS) is 24.7. The van der Waals surface area contributed by atoms with Gasteiger partial charge in [-0.25, -0.2) is 0 Å². The molecule has 28 heavy (non-hydrogen) atoms. The van der Waals surface area contributed by atoms with Gasteiger partial charge in [-0.05, 0) is 68.1 Å². The van der Waals surface area contributed by atoms with E-state index in [1.54, 1.807) is 7.11 Å². The molecule has 2 aliphatic carbocycles. The summed E-state index contributed by atoms with van der Waals surface area (Å²) in [6, 6.07) is 6.36. The molecule has 0 bridgehead atoms. The van der Waals surface area contributed by atoms with Crippen LogP contribution in [-0.2, 0) is 24.2 Å². The molecule has 1 aromatic heterocycles. The van der Waals surface area contributed by atoms with Gasteiger partial charge in [0.05, 0.1) is 12.6 Å². The highest BCUT2D eigenvalue weighted by Gasteiger charge is 2.33. The molecule has 4 heteroatoms. The van der Waals surface area contributed by atoms with Crippen molar-refractivity contribution in [3.05, 3.63) is 29.5 Å². The van der Waals surface area contributed by atoms with Crippen LogP contribution < -0.4 is 4.74 Å². The fourth-order valence-electron chi connectivity index (χ4n) is 5.98. The highest BCUT2D eigenvalue weighted by molar-refractivity contribution is 5.89. The molecule has 0 spiro atoms. The van der Waals surface area contributed by atoms with E-state index in [2.05, 4.69) is 27.7 Å². The van der Waals surface area contributed by atoms with Crippen LogP contribution in [0.3, 0.4) is 0 Å². The minimum atomic E-state index is 0.303. The van der Waals surface area contributed by atoms with Crippen molar-refractivity contribution in [3.63, 3.8) is 0 Å². The van der Waals surface area contributed by atoms with Crippen LogP contribution in [0.1, 0.15) is 56.2 Å². The Morgan fingerprint density at radius 2 is 1.89 bits per heavy atom. The molecule has 5 rings (SSSR count).